The zero-order valence-corrected chi connectivity index (χ0v) is 9.81. The second-order valence-corrected chi connectivity index (χ2v) is 3.34. The van der Waals surface area contributed by atoms with E-state index in [0.29, 0.717) is 5.71 Å². The van der Waals surface area contributed by atoms with Crippen molar-refractivity contribution in [2.24, 2.45) is 10.8 Å². The first-order valence-electron chi connectivity index (χ1n) is 5.03. The average Bonchev–Trinajstić information content (AvgIpc) is 2.34. The fourth-order valence-corrected chi connectivity index (χ4v) is 1.14. The molecule has 1 rings (SSSR count). The number of hydrogen-bond acceptors (Lipinski definition) is 3. The summed E-state index contributed by atoms with van der Waals surface area (Å²) in [5.74, 6) is 0.789. The van der Waals surface area contributed by atoms with Crippen LogP contribution >= 0.6 is 0 Å². The zero-order chi connectivity index (χ0) is 12.7. The number of hydrazone groups is 1. The summed E-state index contributed by atoms with van der Waals surface area (Å²) >= 11 is 0. The highest BCUT2D eigenvalue weighted by molar-refractivity contribution is 5.96. The Hall–Kier alpha value is -2.30. The summed E-state index contributed by atoms with van der Waals surface area (Å²) in [5, 5.41) is 3.76. The van der Waals surface area contributed by atoms with E-state index < -0.39 is 6.03 Å². The highest BCUT2D eigenvalue weighted by Gasteiger charge is 1.92. The van der Waals surface area contributed by atoms with Crippen LogP contribution < -0.4 is 15.9 Å². The van der Waals surface area contributed by atoms with E-state index in [0.717, 1.165) is 11.3 Å². The van der Waals surface area contributed by atoms with E-state index in [1.807, 2.05) is 30.3 Å². The molecule has 5 heteroatoms. The minimum absolute atomic E-state index is 0.645. The quantitative estimate of drug-likeness (QED) is 0.614. The van der Waals surface area contributed by atoms with E-state index in [4.69, 9.17) is 10.5 Å². The zero-order valence-electron chi connectivity index (χ0n) is 9.81. The van der Waals surface area contributed by atoms with Crippen molar-refractivity contribution in [1.29, 1.82) is 0 Å². The average molecular weight is 233 g/mol. The van der Waals surface area contributed by atoms with E-state index >= 15 is 0 Å². The van der Waals surface area contributed by atoms with Crippen molar-refractivity contribution < 1.29 is 9.53 Å². The van der Waals surface area contributed by atoms with Crippen LogP contribution in [0.1, 0.15) is 12.5 Å². The topological polar surface area (TPSA) is 76.7 Å². The number of rotatable bonds is 4. The van der Waals surface area contributed by atoms with Crippen LogP contribution in [0.2, 0.25) is 0 Å². The molecule has 0 spiro atoms. The lowest BCUT2D eigenvalue weighted by Crippen LogP contribution is -2.25. The number of carbonyl (C=O) groups excluding carboxylic acids is 1. The van der Waals surface area contributed by atoms with Gasteiger partial charge >= 0.3 is 6.03 Å². The molecule has 1 aromatic carbocycles. The maximum atomic E-state index is 10.4. The number of urea groups is 1. The Kier molecular flexibility index (Phi) is 4.75. The molecule has 0 unspecified atom stereocenters. The number of nitrogens with zero attached hydrogens (tertiary/aromatic N) is 1. The maximum Gasteiger partial charge on any atom is 0.332 e. The second-order valence-electron chi connectivity index (χ2n) is 3.34. The highest BCUT2D eigenvalue weighted by atomic mass is 16.5. The first kappa shape index (κ1) is 12.8. The molecule has 17 heavy (non-hydrogen) atoms. The van der Waals surface area contributed by atoms with Crippen LogP contribution in [-0.2, 0) is 0 Å². The molecule has 90 valence electrons. The lowest BCUT2D eigenvalue weighted by atomic mass is 10.2. The number of primary amides is 1. The standard InChI is InChI=1S/C12H15N3O2/c1-9(14-15-12(13)16)6-7-10-4-3-5-11(8-10)17-2/h3-8H,1-2H3,(H3,13,15,16)/b7-6-,14-9+. The number of benzene rings is 1. The minimum Gasteiger partial charge on any atom is -0.497 e. The van der Waals surface area contributed by atoms with Crippen LogP contribution in [0.3, 0.4) is 0 Å². The molecule has 0 bridgehead atoms. The highest BCUT2D eigenvalue weighted by Crippen LogP contribution is 2.13. The molecule has 1 aromatic rings. The summed E-state index contributed by atoms with van der Waals surface area (Å²) < 4.78 is 5.10. The van der Waals surface area contributed by atoms with E-state index in [9.17, 15) is 4.79 Å². The lowest BCUT2D eigenvalue weighted by molar-refractivity contribution is 0.249. The molecule has 5 nitrogen and oxygen atoms in total. The minimum atomic E-state index is -0.681. The smallest absolute Gasteiger partial charge is 0.332 e. The summed E-state index contributed by atoms with van der Waals surface area (Å²) in [4.78, 5) is 10.4. The molecule has 0 aliphatic rings. The van der Waals surface area contributed by atoms with Gasteiger partial charge in [-0.1, -0.05) is 18.2 Å². The molecule has 3 N–H and O–H groups in total. The summed E-state index contributed by atoms with van der Waals surface area (Å²) in [6.07, 6.45) is 3.63. The fourth-order valence-electron chi connectivity index (χ4n) is 1.14. The number of hydrogen-bond donors (Lipinski definition) is 2. The third kappa shape index (κ3) is 4.83. The largest absolute Gasteiger partial charge is 0.497 e. The van der Waals surface area contributed by atoms with Crippen molar-refractivity contribution in [1.82, 2.24) is 5.43 Å². The number of allylic oxidation sites excluding steroid dienone is 1. The van der Waals surface area contributed by atoms with Gasteiger partial charge in [-0.05, 0) is 30.7 Å². The van der Waals surface area contributed by atoms with Crippen LogP contribution in [0.5, 0.6) is 5.75 Å². The molecule has 0 saturated heterocycles. The van der Waals surface area contributed by atoms with E-state index in [1.165, 1.54) is 0 Å². The Morgan fingerprint density at radius 2 is 2.29 bits per heavy atom. The van der Waals surface area contributed by atoms with Gasteiger partial charge in [0.25, 0.3) is 0 Å². The Morgan fingerprint density at radius 3 is 2.94 bits per heavy atom. The maximum absolute atomic E-state index is 10.4. The van der Waals surface area contributed by atoms with Crippen LogP contribution in [0.15, 0.2) is 35.4 Å². The van der Waals surface area contributed by atoms with Crippen molar-refractivity contribution in [3.63, 3.8) is 0 Å². The number of amides is 2. The molecule has 0 aliphatic carbocycles. The summed E-state index contributed by atoms with van der Waals surface area (Å²) in [7, 11) is 1.62. The first-order chi connectivity index (χ1) is 8.11. The van der Waals surface area contributed by atoms with E-state index in [2.05, 4.69) is 10.5 Å². The summed E-state index contributed by atoms with van der Waals surface area (Å²) in [5.41, 5.74) is 8.67. The van der Waals surface area contributed by atoms with E-state index in [-0.39, 0.29) is 0 Å². The van der Waals surface area contributed by atoms with Crippen molar-refractivity contribution in [2.45, 2.75) is 6.92 Å². The van der Waals surface area contributed by atoms with Gasteiger partial charge in [-0.15, -0.1) is 0 Å². The predicted molar refractivity (Wildman–Crippen MR) is 67.9 cm³/mol. The normalized spacial score (nSPS) is 11.5. The Morgan fingerprint density at radius 1 is 1.53 bits per heavy atom. The molecular formula is C12H15N3O2. The van der Waals surface area contributed by atoms with Crippen LogP contribution in [0, 0.1) is 0 Å². The van der Waals surface area contributed by atoms with Gasteiger partial charge in [0.05, 0.1) is 12.8 Å². The van der Waals surface area contributed by atoms with Gasteiger partial charge in [0.2, 0.25) is 0 Å². The number of ether oxygens (including phenoxy) is 1. The van der Waals surface area contributed by atoms with Gasteiger partial charge in [-0.25, -0.2) is 10.2 Å². The van der Waals surface area contributed by atoms with Crippen molar-refractivity contribution >= 4 is 17.8 Å². The molecule has 2 amide bonds. The van der Waals surface area contributed by atoms with Gasteiger partial charge in [-0.2, -0.15) is 5.10 Å². The summed E-state index contributed by atoms with van der Waals surface area (Å²) in [6, 6.07) is 6.91. The number of nitrogens with two attached hydrogens (primary N) is 1. The SMILES string of the molecule is COc1cccc(/C=C\C(C)=N\NC(N)=O)c1. The molecule has 0 radical (unpaired) electrons. The molecule has 0 fully saturated rings. The predicted octanol–water partition coefficient (Wildman–Crippen LogP) is 1.75. The van der Waals surface area contributed by atoms with Crippen molar-refractivity contribution in [2.75, 3.05) is 7.11 Å². The van der Waals surface area contributed by atoms with Gasteiger partial charge in [-0.3, -0.25) is 0 Å². The Labute approximate surface area is 100.0 Å². The van der Waals surface area contributed by atoms with Crippen LogP contribution in [-0.4, -0.2) is 18.9 Å². The van der Waals surface area contributed by atoms with Gasteiger partial charge in [0.15, 0.2) is 0 Å². The first-order valence-corrected chi connectivity index (χ1v) is 5.03. The summed E-state index contributed by atoms with van der Waals surface area (Å²) in [6.45, 7) is 1.76. The number of carbonyl (C=O) groups is 1. The molecule has 0 saturated carbocycles. The fraction of sp³-hybridized carbons (Fsp3) is 0.167. The van der Waals surface area contributed by atoms with Crippen LogP contribution in [0.25, 0.3) is 6.08 Å². The third-order valence-electron chi connectivity index (χ3n) is 1.95. The molecule has 0 aromatic heterocycles. The second kappa shape index (κ2) is 6.32. The molecular weight excluding hydrogens is 218 g/mol. The van der Waals surface area contributed by atoms with Crippen LogP contribution in [0.4, 0.5) is 4.79 Å². The Balaban J connectivity index is 2.69. The van der Waals surface area contributed by atoms with E-state index in [1.54, 1.807) is 20.1 Å². The number of nitrogens with one attached hydrogen (secondary N) is 1. The Bertz CT molecular complexity index is 453. The van der Waals surface area contributed by atoms with Gasteiger partial charge in [0, 0.05) is 0 Å². The van der Waals surface area contributed by atoms with Crippen molar-refractivity contribution in [3.8, 4) is 5.75 Å². The molecule has 0 heterocycles. The van der Waals surface area contributed by atoms with Gasteiger partial charge in [0.1, 0.15) is 5.75 Å². The molecule has 0 atom stereocenters. The van der Waals surface area contributed by atoms with Gasteiger partial charge < -0.3 is 10.5 Å². The lowest BCUT2D eigenvalue weighted by Gasteiger charge is -2.00. The number of methoxy groups -OCH3 is 1. The third-order valence-corrected chi connectivity index (χ3v) is 1.95. The monoisotopic (exact) mass is 233 g/mol. The molecule has 0 aliphatic heterocycles. The van der Waals surface area contributed by atoms with Crippen molar-refractivity contribution in [3.05, 3.63) is 35.9 Å².